The fraction of sp³-hybridized carbons (Fsp3) is 0.333. The second-order valence-electron chi connectivity index (χ2n) is 5.02. The zero-order valence-electron chi connectivity index (χ0n) is 12.9. The highest BCUT2D eigenvalue weighted by Crippen LogP contribution is 2.25. The van der Waals surface area contributed by atoms with Crippen LogP contribution >= 0.6 is 0 Å². The minimum Gasteiger partial charge on any atom is -0.497 e. The predicted octanol–water partition coefficient (Wildman–Crippen LogP) is 4.55. The summed E-state index contributed by atoms with van der Waals surface area (Å²) >= 11 is 0. The summed E-state index contributed by atoms with van der Waals surface area (Å²) in [6.45, 7) is 5.38. The number of hydrogen-bond acceptors (Lipinski definition) is 3. The molecule has 0 fully saturated rings. The lowest BCUT2D eigenvalue weighted by Gasteiger charge is -2.14. The van der Waals surface area contributed by atoms with Gasteiger partial charge in [-0.1, -0.05) is 19.1 Å². The van der Waals surface area contributed by atoms with E-state index < -0.39 is 0 Å². The smallest absolute Gasteiger partial charge is 0.127 e. The van der Waals surface area contributed by atoms with Crippen LogP contribution in [0.5, 0.6) is 17.2 Å². The lowest BCUT2D eigenvalue weighted by molar-refractivity contribution is 0.413. The molecule has 0 saturated carbocycles. The van der Waals surface area contributed by atoms with Crippen molar-refractivity contribution in [1.82, 2.24) is 5.32 Å². The molecule has 2 rings (SSSR count). The maximum Gasteiger partial charge on any atom is 0.127 e. The molecule has 2 aromatic rings. The molecule has 2 aromatic carbocycles. The Morgan fingerprint density at radius 2 is 1.43 bits per heavy atom. The van der Waals surface area contributed by atoms with E-state index in [2.05, 4.69) is 31.3 Å². The van der Waals surface area contributed by atoms with Gasteiger partial charge in [0.25, 0.3) is 0 Å². The molecule has 1 unspecified atom stereocenters. The van der Waals surface area contributed by atoms with Gasteiger partial charge in [0.15, 0.2) is 0 Å². The van der Waals surface area contributed by atoms with Gasteiger partial charge < -0.3 is 14.8 Å². The van der Waals surface area contributed by atoms with E-state index in [-0.39, 0.29) is 0 Å². The molecule has 0 heterocycles. The Kier molecular flexibility index (Phi) is 5.64. The van der Waals surface area contributed by atoms with Crippen molar-refractivity contribution >= 4 is 0 Å². The Bertz CT molecular complexity index is 534. The number of ether oxygens (including phenoxy) is 2. The van der Waals surface area contributed by atoms with Crippen molar-refractivity contribution < 1.29 is 9.47 Å². The molecule has 0 saturated heterocycles. The first-order chi connectivity index (χ1) is 10.2. The summed E-state index contributed by atoms with van der Waals surface area (Å²) in [5, 5.41) is 3.48. The third-order valence-electron chi connectivity index (χ3n) is 3.38. The summed E-state index contributed by atoms with van der Waals surface area (Å²) in [5.74, 6) is 2.47. The summed E-state index contributed by atoms with van der Waals surface area (Å²) < 4.78 is 10.9. The first-order valence-corrected chi connectivity index (χ1v) is 7.38. The highest BCUT2D eigenvalue weighted by molar-refractivity contribution is 5.36. The summed E-state index contributed by atoms with van der Waals surface area (Å²) in [4.78, 5) is 0. The van der Waals surface area contributed by atoms with E-state index in [9.17, 15) is 0 Å². The van der Waals surface area contributed by atoms with Crippen LogP contribution in [0.25, 0.3) is 0 Å². The van der Waals surface area contributed by atoms with Gasteiger partial charge in [-0.15, -0.1) is 0 Å². The average Bonchev–Trinajstić information content (AvgIpc) is 2.54. The maximum atomic E-state index is 5.82. The molecule has 0 aliphatic rings. The van der Waals surface area contributed by atoms with Crippen molar-refractivity contribution in [3.8, 4) is 17.2 Å². The Morgan fingerprint density at radius 3 is 1.95 bits per heavy atom. The molecule has 0 spiro atoms. The largest absolute Gasteiger partial charge is 0.497 e. The van der Waals surface area contributed by atoms with Gasteiger partial charge in [-0.2, -0.15) is 0 Å². The van der Waals surface area contributed by atoms with Crippen molar-refractivity contribution in [3.63, 3.8) is 0 Å². The van der Waals surface area contributed by atoms with Gasteiger partial charge in [0.2, 0.25) is 0 Å². The lowest BCUT2D eigenvalue weighted by Crippen LogP contribution is -2.19. The molecular formula is C18H23NO2. The number of hydrogen-bond donors (Lipinski definition) is 1. The quantitative estimate of drug-likeness (QED) is 0.809. The van der Waals surface area contributed by atoms with E-state index in [0.29, 0.717) is 6.04 Å². The van der Waals surface area contributed by atoms with Gasteiger partial charge in [0.1, 0.15) is 17.2 Å². The van der Waals surface area contributed by atoms with Crippen LogP contribution in [0.15, 0.2) is 48.5 Å². The van der Waals surface area contributed by atoms with Gasteiger partial charge in [-0.05, 0) is 61.9 Å². The minimum absolute atomic E-state index is 0.361. The van der Waals surface area contributed by atoms with Crippen molar-refractivity contribution in [1.29, 1.82) is 0 Å². The average molecular weight is 285 g/mol. The molecule has 0 aliphatic carbocycles. The Morgan fingerprint density at radius 1 is 0.905 bits per heavy atom. The third-order valence-corrected chi connectivity index (χ3v) is 3.38. The highest BCUT2D eigenvalue weighted by Gasteiger charge is 2.04. The highest BCUT2D eigenvalue weighted by atomic mass is 16.5. The number of nitrogens with one attached hydrogen (secondary N) is 1. The van der Waals surface area contributed by atoms with E-state index in [4.69, 9.17) is 9.47 Å². The monoisotopic (exact) mass is 285 g/mol. The molecule has 3 heteroatoms. The van der Waals surface area contributed by atoms with Crippen molar-refractivity contribution in [2.45, 2.75) is 26.3 Å². The SMILES string of the molecule is CCCNC(C)c1ccc(Oc2ccc(OC)cc2)cc1. The van der Waals surface area contributed by atoms with Crippen LogP contribution in [0.1, 0.15) is 31.9 Å². The Labute approximate surface area is 126 Å². The Balaban J connectivity index is 1.98. The molecule has 1 N–H and O–H groups in total. The van der Waals surface area contributed by atoms with Crippen LogP contribution in [0.3, 0.4) is 0 Å². The second-order valence-corrected chi connectivity index (χ2v) is 5.02. The molecule has 1 atom stereocenters. The molecule has 0 amide bonds. The fourth-order valence-corrected chi connectivity index (χ4v) is 2.08. The molecule has 3 nitrogen and oxygen atoms in total. The third kappa shape index (κ3) is 4.50. The zero-order chi connectivity index (χ0) is 15.1. The van der Waals surface area contributed by atoms with Crippen LogP contribution in [0.4, 0.5) is 0 Å². The van der Waals surface area contributed by atoms with Crippen molar-refractivity contribution in [3.05, 3.63) is 54.1 Å². The number of benzene rings is 2. The zero-order valence-corrected chi connectivity index (χ0v) is 12.9. The van der Waals surface area contributed by atoms with Gasteiger partial charge in [0, 0.05) is 6.04 Å². The van der Waals surface area contributed by atoms with Crippen LogP contribution in [0, 0.1) is 0 Å². The fourth-order valence-electron chi connectivity index (χ4n) is 2.08. The van der Waals surface area contributed by atoms with Crippen LogP contribution in [-0.2, 0) is 0 Å². The molecule has 21 heavy (non-hydrogen) atoms. The maximum absolute atomic E-state index is 5.82. The van der Waals surface area contributed by atoms with Crippen LogP contribution < -0.4 is 14.8 Å². The lowest BCUT2D eigenvalue weighted by atomic mass is 10.1. The summed E-state index contributed by atoms with van der Waals surface area (Å²) in [5.41, 5.74) is 1.27. The number of methoxy groups -OCH3 is 1. The first-order valence-electron chi connectivity index (χ1n) is 7.38. The Hall–Kier alpha value is -2.00. The van der Waals surface area contributed by atoms with E-state index in [1.54, 1.807) is 7.11 Å². The summed E-state index contributed by atoms with van der Waals surface area (Å²) in [7, 11) is 1.66. The molecular weight excluding hydrogens is 262 g/mol. The number of rotatable bonds is 7. The van der Waals surface area contributed by atoms with Gasteiger partial charge >= 0.3 is 0 Å². The van der Waals surface area contributed by atoms with Crippen molar-refractivity contribution in [2.24, 2.45) is 0 Å². The summed E-state index contributed by atoms with van der Waals surface area (Å²) in [6.07, 6.45) is 1.14. The van der Waals surface area contributed by atoms with E-state index in [0.717, 1.165) is 30.2 Å². The molecule has 0 bridgehead atoms. The molecule has 112 valence electrons. The molecule has 0 aromatic heterocycles. The predicted molar refractivity (Wildman–Crippen MR) is 86.2 cm³/mol. The second kappa shape index (κ2) is 7.70. The normalized spacial score (nSPS) is 12.0. The summed E-state index contributed by atoms with van der Waals surface area (Å²) in [6, 6.07) is 16.2. The standard InChI is InChI=1S/C18H23NO2/c1-4-13-19-14(2)15-5-7-17(8-6-15)21-18-11-9-16(20-3)10-12-18/h5-12,14,19H,4,13H2,1-3H3. The van der Waals surface area contributed by atoms with Gasteiger partial charge in [-0.3, -0.25) is 0 Å². The van der Waals surface area contributed by atoms with Crippen molar-refractivity contribution in [2.75, 3.05) is 13.7 Å². The van der Waals surface area contributed by atoms with E-state index in [1.165, 1.54) is 5.56 Å². The van der Waals surface area contributed by atoms with E-state index >= 15 is 0 Å². The minimum atomic E-state index is 0.361. The van der Waals surface area contributed by atoms with Crippen LogP contribution in [0.2, 0.25) is 0 Å². The molecule has 0 aliphatic heterocycles. The molecule has 0 radical (unpaired) electrons. The van der Waals surface area contributed by atoms with Gasteiger partial charge in [0.05, 0.1) is 7.11 Å². The first kappa shape index (κ1) is 15.4. The van der Waals surface area contributed by atoms with Crippen LogP contribution in [-0.4, -0.2) is 13.7 Å². The topological polar surface area (TPSA) is 30.5 Å². The van der Waals surface area contributed by atoms with Gasteiger partial charge in [-0.25, -0.2) is 0 Å². The van der Waals surface area contributed by atoms with E-state index in [1.807, 2.05) is 36.4 Å².